The summed E-state index contributed by atoms with van der Waals surface area (Å²) in [6.45, 7) is 4.27. The van der Waals surface area contributed by atoms with Crippen molar-refractivity contribution in [3.8, 4) is 0 Å². The largest absolute Gasteiger partial charge is 0.320 e. The maximum atomic E-state index is 13.5. The summed E-state index contributed by atoms with van der Waals surface area (Å²) in [7, 11) is 2.13. The van der Waals surface area contributed by atoms with Gasteiger partial charge >= 0.3 is 0 Å². The van der Waals surface area contributed by atoms with Gasteiger partial charge in [-0.25, -0.2) is 0 Å². The number of carbonyl (C=O) groups is 2. The Kier molecular flexibility index (Phi) is 4.70. The van der Waals surface area contributed by atoms with Crippen LogP contribution in [0, 0.1) is 11.8 Å². The van der Waals surface area contributed by atoms with Crippen LogP contribution in [0.25, 0.3) is 0 Å². The molecule has 27 heavy (non-hydrogen) atoms. The van der Waals surface area contributed by atoms with Crippen molar-refractivity contribution in [3.05, 3.63) is 54.1 Å². The number of nitrogens with zero attached hydrogens (tertiary/aromatic N) is 2. The highest BCUT2D eigenvalue weighted by molar-refractivity contribution is 6.17. The number of rotatable bonds is 2. The molecule has 140 valence electrons. The Hall–Kier alpha value is -2.66. The van der Waals surface area contributed by atoms with Gasteiger partial charge in [0.2, 0.25) is 5.91 Å². The maximum Gasteiger partial charge on any atom is 0.257 e. The fraction of sp³-hybridized carbons (Fsp3) is 0.364. The number of para-hydroxylation sites is 3. The standard InChI is InChI=1S/C22H25N3O2/c1-15-14-24(2)12-11-16(15)13-21(26)25-19-9-5-3-7-17(19)22(27)23-18-8-4-6-10-20(18)25/h3-10,15-16H,11-14H2,1-2H3,(H,23,27). The van der Waals surface area contributed by atoms with E-state index in [1.807, 2.05) is 42.5 Å². The number of benzene rings is 2. The first-order valence-electron chi connectivity index (χ1n) is 9.55. The minimum atomic E-state index is -0.180. The first-order valence-corrected chi connectivity index (χ1v) is 9.55. The lowest BCUT2D eigenvalue weighted by Gasteiger charge is -2.35. The number of piperidine rings is 1. The van der Waals surface area contributed by atoms with Crippen molar-refractivity contribution in [2.45, 2.75) is 19.8 Å². The van der Waals surface area contributed by atoms with Crippen LogP contribution in [0.5, 0.6) is 0 Å². The van der Waals surface area contributed by atoms with E-state index in [4.69, 9.17) is 0 Å². The highest BCUT2D eigenvalue weighted by Gasteiger charge is 2.32. The molecular weight excluding hydrogens is 338 g/mol. The molecule has 2 heterocycles. The Bertz CT molecular complexity index is 879. The van der Waals surface area contributed by atoms with Gasteiger partial charge in [-0.1, -0.05) is 31.2 Å². The summed E-state index contributed by atoms with van der Waals surface area (Å²) >= 11 is 0. The van der Waals surface area contributed by atoms with E-state index in [0.717, 1.165) is 25.2 Å². The van der Waals surface area contributed by atoms with Crippen molar-refractivity contribution in [1.82, 2.24) is 4.90 Å². The van der Waals surface area contributed by atoms with Gasteiger partial charge in [0.25, 0.3) is 5.91 Å². The van der Waals surface area contributed by atoms with Gasteiger partial charge in [0.1, 0.15) is 0 Å². The number of amides is 2. The van der Waals surface area contributed by atoms with Crippen molar-refractivity contribution in [2.24, 2.45) is 11.8 Å². The van der Waals surface area contributed by atoms with E-state index in [1.165, 1.54) is 0 Å². The molecule has 1 fully saturated rings. The zero-order valence-electron chi connectivity index (χ0n) is 15.8. The molecule has 5 heteroatoms. The molecule has 0 radical (unpaired) electrons. The topological polar surface area (TPSA) is 52.7 Å². The van der Waals surface area contributed by atoms with Crippen molar-refractivity contribution in [3.63, 3.8) is 0 Å². The third kappa shape index (κ3) is 3.35. The maximum absolute atomic E-state index is 13.5. The lowest BCUT2D eigenvalue weighted by molar-refractivity contribution is -0.119. The number of likely N-dealkylation sites (tertiary alicyclic amines) is 1. The predicted octanol–water partition coefficient (Wildman–Crippen LogP) is 3.89. The molecule has 2 amide bonds. The van der Waals surface area contributed by atoms with E-state index in [-0.39, 0.29) is 11.8 Å². The van der Waals surface area contributed by atoms with E-state index in [2.05, 4.69) is 24.2 Å². The van der Waals surface area contributed by atoms with E-state index < -0.39 is 0 Å². The fourth-order valence-electron chi connectivity index (χ4n) is 4.24. The molecule has 1 saturated heterocycles. The summed E-state index contributed by atoms with van der Waals surface area (Å²) in [6, 6.07) is 14.8. The summed E-state index contributed by atoms with van der Waals surface area (Å²) in [4.78, 5) is 30.2. The number of hydrogen-bond acceptors (Lipinski definition) is 3. The van der Waals surface area contributed by atoms with Crippen LogP contribution < -0.4 is 10.2 Å². The smallest absolute Gasteiger partial charge is 0.257 e. The second-order valence-electron chi connectivity index (χ2n) is 7.71. The van der Waals surface area contributed by atoms with Crippen LogP contribution in [0.4, 0.5) is 17.1 Å². The zero-order chi connectivity index (χ0) is 19.0. The third-order valence-electron chi connectivity index (χ3n) is 5.75. The van der Waals surface area contributed by atoms with Crippen molar-refractivity contribution < 1.29 is 9.59 Å². The number of carbonyl (C=O) groups excluding carboxylic acids is 2. The normalized spacial score (nSPS) is 22.4. The van der Waals surface area contributed by atoms with Gasteiger partial charge in [-0.15, -0.1) is 0 Å². The molecule has 1 N–H and O–H groups in total. The molecular formula is C22H25N3O2. The highest BCUT2D eigenvalue weighted by atomic mass is 16.2. The monoisotopic (exact) mass is 363 g/mol. The van der Waals surface area contributed by atoms with Crippen LogP contribution in [0.3, 0.4) is 0 Å². The molecule has 2 aliphatic rings. The van der Waals surface area contributed by atoms with E-state index in [9.17, 15) is 9.59 Å². The summed E-state index contributed by atoms with van der Waals surface area (Å²) in [6.07, 6.45) is 1.52. The molecule has 0 spiro atoms. The predicted molar refractivity (Wildman–Crippen MR) is 107 cm³/mol. The molecule has 0 aromatic heterocycles. The van der Waals surface area contributed by atoms with Gasteiger partial charge in [-0.2, -0.15) is 0 Å². The van der Waals surface area contributed by atoms with Crippen molar-refractivity contribution >= 4 is 28.9 Å². The Morgan fingerprint density at radius 3 is 2.59 bits per heavy atom. The second kappa shape index (κ2) is 7.16. The quantitative estimate of drug-likeness (QED) is 0.881. The highest BCUT2D eigenvalue weighted by Crippen LogP contribution is 2.39. The Morgan fingerprint density at radius 1 is 1.11 bits per heavy atom. The molecule has 4 rings (SSSR count). The number of fused-ring (bicyclic) bond motifs is 2. The van der Waals surface area contributed by atoms with Crippen LogP contribution >= 0.6 is 0 Å². The van der Waals surface area contributed by atoms with Gasteiger partial charge in [0.15, 0.2) is 0 Å². The molecule has 5 nitrogen and oxygen atoms in total. The van der Waals surface area contributed by atoms with Gasteiger partial charge in [-0.3, -0.25) is 14.5 Å². The van der Waals surface area contributed by atoms with E-state index in [1.54, 1.807) is 11.0 Å². The summed E-state index contributed by atoms with van der Waals surface area (Å²) in [5.41, 5.74) is 2.59. The fourth-order valence-corrected chi connectivity index (χ4v) is 4.24. The average Bonchev–Trinajstić information content (AvgIpc) is 2.78. The van der Waals surface area contributed by atoms with Crippen molar-refractivity contribution in [2.75, 3.05) is 30.4 Å². The number of hydrogen-bond donors (Lipinski definition) is 1. The molecule has 0 bridgehead atoms. The van der Waals surface area contributed by atoms with E-state index in [0.29, 0.717) is 35.2 Å². The average molecular weight is 363 g/mol. The third-order valence-corrected chi connectivity index (χ3v) is 5.75. The van der Waals surface area contributed by atoms with Gasteiger partial charge in [-0.05, 0) is 56.1 Å². The summed E-state index contributed by atoms with van der Waals surface area (Å²) < 4.78 is 0. The SMILES string of the molecule is CC1CN(C)CCC1CC(=O)N1c2ccccc2NC(=O)c2ccccc21. The van der Waals surface area contributed by atoms with Crippen molar-refractivity contribution in [1.29, 1.82) is 0 Å². The van der Waals surface area contributed by atoms with Crippen LogP contribution in [-0.4, -0.2) is 36.9 Å². The summed E-state index contributed by atoms with van der Waals surface area (Å²) in [5, 5.41) is 2.94. The molecule has 2 aromatic carbocycles. The second-order valence-corrected chi connectivity index (χ2v) is 7.71. The van der Waals surface area contributed by atoms with Crippen LogP contribution in [-0.2, 0) is 4.79 Å². The van der Waals surface area contributed by atoms with E-state index >= 15 is 0 Å². The van der Waals surface area contributed by atoms with Gasteiger partial charge in [0.05, 0.1) is 22.6 Å². The van der Waals surface area contributed by atoms with Gasteiger partial charge in [0, 0.05) is 13.0 Å². The van der Waals surface area contributed by atoms with Crippen LogP contribution in [0.15, 0.2) is 48.5 Å². The first-order chi connectivity index (χ1) is 13.0. The Labute approximate surface area is 160 Å². The molecule has 2 atom stereocenters. The van der Waals surface area contributed by atoms with Gasteiger partial charge < -0.3 is 10.2 Å². The number of anilines is 3. The zero-order valence-corrected chi connectivity index (χ0v) is 15.8. The minimum Gasteiger partial charge on any atom is -0.320 e. The lowest BCUT2D eigenvalue weighted by Crippen LogP contribution is -2.39. The first kappa shape index (κ1) is 17.7. The number of nitrogens with one attached hydrogen (secondary N) is 1. The van der Waals surface area contributed by atoms with Crippen LogP contribution in [0.1, 0.15) is 30.1 Å². The molecule has 2 unspecified atom stereocenters. The summed E-state index contributed by atoms with van der Waals surface area (Å²) in [5.74, 6) is 0.707. The molecule has 0 saturated carbocycles. The molecule has 2 aliphatic heterocycles. The van der Waals surface area contributed by atoms with Crippen LogP contribution in [0.2, 0.25) is 0 Å². The molecule has 0 aliphatic carbocycles. The lowest BCUT2D eigenvalue weighted by atomic mass is 9.84. The molecule has 2 aromatic rings. The minimum absolute atomic E-state index is 0.0489. The Morgan fingerprint density at radius 2 is 1.81 bits per heavy atom. The Balaban J connectivity index is 1.71.